The Morgan fingerprint density at radius 3 is 1.33 bits per heavy atom. The first kappa shape index (κ1) is 13.0. The molecule has 0 aromatic heterocycles. The van der Waals surface area contributed by atoms with Crippen molar-refractivity contribution in [1.82, 2.24) is 0 Å². The molecule has 0 aliphatic rings. The van der Waals surface area contributed by atoms with Crippen LogP contribution in [0.1, 0.15) is 13.8 Å². The van der Waals surface area contributed by atoms with Crippen molar-refractivity contribution in [3.05, 3.63) is 0 Å². The molecule has 0 aliphatic carbocycles. The first-order chi connectivity index (χ1) is 4.12. The van der Waals surface area contributed by atoms with Crippen LogP contribution in [0.25, 0.3) is 0 Å². The molecule has 0 heterocycles. The first-order valence-corrected chi connectivity index (χ1v) is 8.77. The molecule has 58 valence electrons. The summed E-state index contributed by atoms with van der Waals surface area (Å²) < 4.78 is 0. The van der Waals surface area contributed by atoms with E-state index in [0.717, 1.165) is 0 Å². The number of halogens is 2. The Kier molecular flexibility index (Phi) is 10.8. The van der Waals surface area contributed by atoms with Crippen LogP contribution in [0.5, 0.6) is 0 Å². The maximum Gasteiger partial charge on any atom is 0.0504 e. The molecule has 0 spiro atoms. The highest BCUT2D eigenvalue weighted by Crippen LogP contribution is 2.10. The minimum absolute atomic E-state index is 0.0451. The summed E-state index contributed by atoms with van der Waals surface area (Å²) in [5.41, 5.74) is -0.306. The topological polar surface area (TPSA) is 40.5 Å². The lowest BCUT2D eigenvalue weighted by molar-refractivity contribution is 0.0857. The molecule has 0 aromatic rings. The summed E-state index contributed by atoms with van der Waals surface area (Å²) in [6.45, 7) is 3.69. The predicted octanol–water partition coefficient (Wildman–Crippen LogP) is 1.77. The van der Waals surface area contributed by atoms with Crippen LogP contribution in [0.4, 0.5) is 0 Å². The fourth-order valence-corrected chi connectivity index (χ4v) is 0.0500. The summed E-state index contributed by atoms with van der Waals surface area (Å²) in [6, 6.07) is 0. The minimum atomic E-state index is -0.306. The van der Waals surface area contributed by atoms with Gasteiger partial charge in [0.05, 0.1) is 13.2 Å². The van der Waals surface area contributed by atoms with Crippen molar-refractivity contribution in [2.75, 3.05) is 13.2 Å². The molecule has 0 radical (unpaired) electrons. The van der Waals surface area contributed by atoms with Gasteiger partial charge in [-0.25, -0.2) is 0 Å². The van der Waals surface area contributed by atoms with Gasteiger partial charge in [-0.15, -0.1) is 0 Å². The van der Waals surface area contributed by atoms with Crippen LogP contribution in [0.3, 0.4) is 0 Å². The number of rotatable bonds is 2. The number of aliphatic hydroxyl groups excluding tert-OH is 2. The smallest absolute Gasteiger partial charge is 0.0504 e. The molecule has 0 saturated carbocycles. The molecule has 9 heavy (non-hydrogen) atoms. The fourth-order valence-electron chi connectivity index (χ4n) is 0.0500. The summed E-state index contributed by atoms with van der Waals surface area (Å²) in [5, 5.41) is 16.9. The molecule has 2 N–H and O–H groups in total. The van der Waals surface area contributed by atoms with Gasteiger partial charge in [0.25, 0.3) is 0 Å². The van der Waals surface area contributed by atoms with E-state index in [0.29, 0.717) is 0 Å². The van der Waals surface area contributed by atoms with Gasteiger partial charge in [0, 0.05) is 42.6 Å². The van der Waals surface area contributed by atoms with Gasteiger partial charge in [0.1, 0.15) is 0 Å². The molecule has 0 aliphatic heterocycles. The van der Waals surface area contributed by atoms with Crippen LogP contribution in [0.15, 0.2) is 0 Å². The second-order valence-electron chi connectivity index (χ2n) is 2.48. The van der Waals surface area contributed by atoms with Crippen molar-refractivity contribution >= 4 is 37.2 Å². The molecule has 0 amide bonds. The number of aliphatic hydroxyl groups is 2. The molecule has 0 atom stereocenters. The second-order valence-corrected chi connectivity index (χ2v) is 2.48. The van der Waals surface area contributed by atoms with Crippen LogP contribution >= 0.6 is 37.2 Å². The van der Waals surface area contributed by atoms with Crippen LogP contribution in [-0.4, -0.2) is 23.4 Å². The lowest BCUT2D eigenvalue weighted by atomic mass is 9.97. The van der Waals surface area contributed by atoms with Crippen LogP contribution in [-0.2, 0) is 0 Å². The van der Waals surface area contributed by atoms with Gasteiger partial charge in [-0.2, -0.15) is 0 Å². The average molecular weight is 358 g/mol. The van der Waals surface area contributed by atoms with E-state index in [1.807, 2.05) is 0 Å². The predicted molar refractivity (Wildman–Crippen MR) is 56.0 cm³/mol. The zero-order valence-corrected chi connectivity index (χ0v) is 9.88. The van der Waals surface area contributed by atoms with Crippen molar-refractivity contribution < 1.29 is 10.2 Å². The van der Waals surface area contributed by atoms with E-state index in [2.05, 4.69) is 37.2 Å². The molecule has 0 rings (SSSR count). The van der Waals surface area contributed by atoms with Crippen LogP contribution in [0, 0.1) is 5.41 Å². The molecular formula is C5H12I2O2. The molecule has 0 fully saturated rings. The largest absolute Gasteiger partial charge is 0.396 e. The lowest BCUT2D eigenvalue weighted by Gasteiger charge is -2.16. The lowest BCUT2D eigenvalue weighted by Crippen LogP contribution is -2.20. The maximum atomic E-state index is 8.43. The zero-order valence-electron chi connectivity index (χ0n) is 5.56. The van der Waals surface area contributed by atoms with E-state index in [4.69, 9.17) is 10.2 Å². The Hall–Kier alpha value is 1.38. The van der Waals surface area contributed by atoms with Gasteiger partial charge in [-0.05, 0) is 0 Å². The molecule has 0 bridgehead atoms. The Morgan fingerprint density at radius 2 is 1.33 bits per heavy atom. The summed E-state index contributed by atoms with van der Waals surface area (Å²) in [4.78, 5) is 0. The maximum absolute atomic E-state index is 8.43. The van der Waals surface area contributed by atoms with Gasteiger partial charge in [0.2, 0.25) is 0 Å². The SMILES string of the molecule is CC(C)(CO)CO.II. The highest BCUT2D eigenvalue weighted by Gasteiger charge is 2.13. The quantitative estimate of drug-likeness (QED) is 0.739. The van der Waals surface area contributed by atoms with E-state index in [1.165, 1.54) is 0 Å². The van der Waals surface area contributed by atoms with Crippen molar-refractivity contribution in [2.24, 2.45) is 5.41 Å². The molecule has 0 saturated heterocycles. The van der Waals surface area contributed by atoms with E-state index in [1.54, 1.807) is 13.8 Å². The van der Waals surface area contributed by atoms with E-state index in [-0.39, 0.29) is 18.6 Å². The molecule has 4 heteroatoms. The fraction of sp³-hybridized carbons (Fsp3) is 1.00. The summed E-state index contributed by atoms with van der Waals surface area (Å²) in [5.74, 6) is 0. The molecule has 2 nitrogen and oxygen atoms in total. The monoisotopic (exact) mass is 358 g/mol. The molecule has 0 aromatic carbocycles. The summed E-state index contributed by atoms with van der Waals surface area (Å²) in [7, 11) is 0. The average Bonchev–Trinajstić information content (AvgIpc) is 1.93. The van der Waals surface area contributed by atoms with Gasteiger partial charge < -0.3 is 10.2 Å². The normalized spacial score (nSPS) is 10.0. The van der Waals surface area contributed by atoms with E-state index < -0.39 is 0 Å². The third-order valence-corrected chi connectivity index (χ3v) is 0.856. The Morgan fingerprint density at radius 1 is 1.11 bits per heavy atom. The number of hydrogen-bond donors (Lipinski definition) is 2. The van der Waals surface area contributed by atoms with Crippen molar-refractivity contribution in [3.63, 3.8) is 0 Å². The molecular weight excluding hydrogens is 346 g/mol. The second kappa shape index (κ2) is 7.49. The zero-order chi connectivity index (χ0) is 7.91. The molecule has 0 unspecified atom stereocenters. The van der Waals surface area contributed by atoms with Crippen LogP contribution in [0.2, 0.25) is 0 Å². The van der Waals surface area contributed by atoms with Crippen molar-refractivity contribution in [1.29, 1.82) is 0 Å². The first-order valence-electron chi connectivity index (χ1n) is 2.48. The minimum Gasteiger partial charge on any atom is -0.396 e. The van der Waals surface area contributed by atoms with Crippen molar-refractivity contribution in [3.8, 4) is 0 Å². The number of hydrogen-bond acceptors (Lipinski definition) is 2. The standard InChI is InChI=1S/C5H12O2.I2/c1-5(2,3-6)4-7;1-2/h6-7H,3-4H2,1-2H3;. The van der Waals surface area contributed by atoms with Gasteiger partial charge >= 0.3 is 0 Å². The highest BCUT2D eigenvalue weighted by atomic mass is 128. The highest BCUT2D eigenvalue weighted by molar-refractivity contribution is 15.0. The summed E-state index contributed by atoms with van der Waals surface area (Å²) >= 11 is 4.24. The third kappa shape index (κ3) is 9.38. The Labute approximate surface area is 79.4 Å². The van der Waals surface area contributed by atoms with E-state index >= 15 is 0 Å². The van der Waals surface area contributed by atoms with Gasteiger partial charge in [-0.1, -0.05) is 13.8 Å². The van der Waals surface area contributed by atoms with Gasteiger partial charge in [0.15, 0.2) is 0 Å². The van der Waals surface area contributed by atoms with Gasteiger partial charge in [-0.3, -0.25) is 0 Å². The van der Waals surface area contributed by atoms with Crippen molar-refractivity contribution in [2.45, 2.75) is 13.8 Å². The Balaban J connectivity index is 0. The van der Waals surface area contributed by atoms with Crippen LogP contribution < -0.4 is 0 Å². The van der Waals surface area contributed by atoms with E-state index in [9.17, 15) is 0 Å². The third-order valence-electron chi connectivity index (χ3n) is 0.856. The Bertz CT molecular complexity index is 50.9. The summed E-state index contributed by atoms with van der Waals surface area (Å²) in [6.07, 6.45) is 0.